The maximum atomic E-state index is 12.8. The van der Waals surface area contributed by atoms with Crippen LogP contribution in [0.2, 0.25) is 0 Å². The van der Waals surface area contributed by atoms with E-state index in [1.165, 1.54) is 50.9 Å². The average Bonchev–Trinajstić information content (AvgIpc) is 3.26. The van der Waals surface area contributed by atoms with Gasteiger partial charge in [-0.3, -0.25) is 4.79 Å². The molecule has 1 N–H and O–H groups in total. The Kier molecular flexibility index (Phi) is 4.85. The first-order chi connectivity index (χ1) is 13.8. The molecule has 0 spiro atoms. The molecule has 2 bridgehead atoms. The molecular formula is C23H29N3O2. The number of hydrogen-bond acceptors (Lipinski definition) is 4. The number of nitrogens with one attached hydrogen (secondary N) is 1. The summed E-state index contributed by atoms with van der Waals surface area (Å²) in [6, 6.07) is 12.4. The molecule has 0 aliphatic carbocycles. The highest BCUT2D eigenvalue weighted by atomic mass is 16.4. The van der Waals surface area contributed by atoms with Gasteiger partial charge in [-0.1, -0.05) is 12.1 Å². The topological polar surface area (TPSA) is 48.7 Å². The smallest absolute Gasteiger partial charge is 0.287 e. The van der Waals surface area contributed by atoms with E-state index < -0.39 is 0 Å². The number of piperidine rings is 4. The van der Waals surface area contributed by atoms with Gasteiger partial charge in [0.2, 0.25) is 0 Å². The van der Waals surface area contributed by atoms with Crippen LogP contribution in [0.3, 0.4) is 0 Å². The van der Waals surface area contributed by atoms with E-state index in [4.69, 9.17) is 4.42 Å². The van der Waals surface area contributed by atoms with Crippen molar-refractivity contribution in [3.8, 4) is 11.3 Å². The number of rotatable bonds is 4. The molecular weight excluding hydrogens is 350 g/mol. The van der Waals surface area contributed by atoms with Gasteiger partial charge < -0.3 is 19.5 Å². The molecule has 28 heavy (non-hydrogen) atoms. The van der Waals surface area contributed by atoms with Crippen LogP contribution >= 0.6 is 0 Å². The summed E-state index contributed by atoms with van der Waals surface area (Å²) in [5, 5.41) is 3.22. The molecule has 5 nitrogen and oxygen atoms in total. The standard InChI is InChI=1S/C23H29N3O2/c27-23(24-19-16-25-14-10-17(19)11-15-25)22-9-8-21(28-22)18-6-2-3-7-20(18)26-12-4-1-5-13-26/h2-3,6-9,17,19H,1,4-5,10-16H2,(H,24,27)/t19-/m0/s1. The lowest BCUT2D eigenvalue weighted by Gasteiger charge is -2.44. The van der Waals surface area contributed by atoms with Gasteiger partial charge >= 0.3 is 0 Å². The van der Waals surface area contributed by atoms with Gasteiger partial charge in [-0.05, 0) is 75.4 Å². The molecule has 1 amide bonds. The minimum Gasteiger partial charge on any atom is -0.451 e. The number of hydrogen-bond donors (Lipinski definition) is 1. The Bertz CT molecular complexity index is 832. The van der Waals surface area contributed by atoms with Crippen molar-refractivity contribution in [2.24, 2.45) is 5.92 Å². The van der Waals surface area contributed by atoms with Crippen molar-refractivity contribution < 1.29 is 9.21 Å². The van der Waals surface area contributed by atoms with Crippen molar-refractivity contribution in [1.82, 2.24) is 10.2 Å². The van der Waals surface area contributed by atoms with Gasteiger partial charge in [0, 0.05) is 36.9 Å². The van der Waals surface area contributed by atoms with Crippen LogP contribution in [0.25, 0.3) is 11.3 Å². The van der Waals surface area contributed by atoms with E-state index in [1.807, 2.05) is 18.2 Å². The predicted octanol–water partition coefficient (Wildman–Crippen LogP) is 3.76. The second-order valence-electron chi connectivity index (χ2n) is 8.45. The third-order valence-electron chi connectivity index (χ3n) is 6.67. The SMILES string of the molecule is O=C(N[C@H]1CN2CCC1CC2)c1ccc(-c2ccccc2N2CCCCC2)o1. The van der Waals surface area contributed by atoms with E-state index in [1.54, 1.807) is 0 Å². The Morgan fingerprint density at radius 3 is 2.50 bits per heavy atom. The number of furan rings is 1. The number of nitrogens with zero attached hydrogens (tertiary/aromatic N) is 2. The van der Waals surface area contributed by atoms with Crippen LogP contribution in [0.15, 0.2) is 40.8 Å². The van der Waals surface area contributed by atoms with E-state index in [0.29, 0.717) is 11.7 Å². The van der Waals surface area contributed by atoms with Crippen molar-refractivity contribution in [2.75, 3.05) is 37.6 Å². The van der Waals surface area contributed by atoms with Gasteiger partial charge in [0.05, 0.1) is 0 Å². The highest BCUT2D eigenvalue weighted by Crippen LogP contribution is 2.34. The van der Waals surface area contributed by atoms with E-state index >= 15 is 0 Å². The second-order valence-corrected chi connectivity index (χ2v) is 8.45. The van der Waals surface area contributed by atoms with E-state index in [9.17, 15) is 4.79 Å². The van der Waals surface area contributed by atoms with Crippen molar-refractivity contribution in [3.05, 3.63) is 42.2 Å². The van der Waals surface area contributed by atoms with Gasteiger partial charge in [0.15, 0.2) is 5.76 Å². The molecule has 0 unspecified atom stereocenters. The molecule has 0 saturated carbocycles. The molecule has 0 radical (unpaired) electrons. The van der Waals surface area contributed by atoms with Crippen LogP contribution in [0.4, 0.5) is 5.69 Å². The monoisotopic (exact) mass is 379 g/mol. The second kappa shape index (κ2) is 7.63. The Morgan fingerprint density at radius 2 is 1.75 bits per heavy atom. The maximum absolute atomic E-state index is 12.8. The minimum absolute atomic E-state index is 0.0829. The minimum atomic E-state index is -0.0829. The summed E-state index contributed by atoms with van der Waals surface area (Å²) in [4.78, 5) is 17.7. The molecule has 1 aromatic carbocycles. The first-order valence-corrected chi connectivity index (χ1v) is 10.8. The van der Waals surface area contributed by atoms with Crippen molar-refractivity contribution in [3.63, 3.8) is 0 Å². The number of carbonyl (C=O) groups excluding carboxylic acids is 1. The Balaban J connectivity index is 1.33. The Hall–Kier alpha value is -2.27. The van der Waals surface area contributed by atoms with E-state index in [0.717, 1.165) is 31.0 Å². The third kappa shape index (κ3) is 3.44. The molecule has 1 aromatic heterocycles. The van der Waals surface area contributed by atoms with Crippen LogP contribution in [0.1, 0.15) is 42.7 Å². The molecule has 1 atom stereocenters. The number of anilines is 1. The van der Waals surface area contributed by atoms with Gasteiger partial charge in [0.25, 0.3) is 5.91 Å². The van der Waals surface area contributed by atoms with E-state index in [-0.39, 0.29) is 11.9 Å². The van der Waals surface area contributed by atoms with Crippen molar-refractivity contribution >= 4 is 11.6 Å². The van der Waals surface area contributed by atoms with Crippen LogP contribution in [0, 0.1) is 5.92 Å². The Morgan fingerprint density at radius 1 is 0.964 bits per heavy atom. The summed E-state index contributed by atoms with van der Waals surface area (Å²) >= 11 is 0. The molecule has 148 valence electrons. The normalized spacial score (nSPS) is 27.0. The molecule has 4 aliphatic heterocycles. The van der Waals surface area contributed by atoms with Crippen LogP contribution in [0.5, 0.6) is 0 Å². The van der Waals surface area contributed by atoms with Crippen LogP contribution in [-0.4, -0.2) is 49.6 Å². The summed E-state index contributed by atoms with van der Waals surface area (Å²) < 4.78 is 6.03. The van der Waals surface area contributed by atoms with Gasteiger partial charge in [-0.25, -0.2) is 0 Å². The number of benzene rings is 1. The molecule has 2 aromatic rings. The molecule has 5 heterocycles. The first kappa shape index (κ1) is 17.8. The van der Waals surface area contributed by atoms with Gasteiger partial charge in [-0.15, -0.1) is 0 Å². The summed E-state index contributed by atoms with van der Waals surface area (Å²) in [5.74, 6) is 1.73. The number of carbonyl (C=O) groups is 1. The quantitative estimate of drug-likeness (QED) is 0.879. The molecule has 4 saturated heterocycles. The molecule has 4 fully saturated rings. The zero-order valence-corrected chi connectivity index (χ0v) is 16.4. The highest BCUT2D eigenvalue weighted by molar-refractivity contribution is 5.92. The lowest BCUT2D eigenvalue weighted by molar-refractivity contribution is 0.0606. The number of fused-ring (bicyclic) bond motifs is 3. The fourth-order valence-electron chi connectivity index (χ4n) is 5.07. The predicted molar refractivity (Wildman–Crippen MR) is 111 cm³/mol. The van der Waals surface area contributed by atoms with Crippen LogP contribution < -0.4 is 10.2 Å². The number of para-hydroxylation sites is 1. The number of amides is 1. The maximum Gasteiger partial charge on any atom is 0.287 e. The zero-order valence-electron chi connectivity index (χ0n) is 16.4. The lowest BCUT2D eigenvalue weighted by Crippen LogP contribution is -2.57. The summed E-state index contributed by atoms with van der Waals surface area (Å²) in [6.07, 6.45) is 6.16. The van der Waals surface area contributed by atoms with Crippen molar-refractivity contribution in [1.29, 1.82) is 0 Å². The molecule has 6 rings (SSSR count). The fraction of sp³-hybridized carbons (Fsp3) is 0.522. The molecule has 4 aliphatic rings. The van der Waals surface area contributed by atoms with Gasteiger partial charge in [-0.2, -0.15) is 0 Å². The zero-order chi connectivity index (χ0) is 18.9. The first-order valence-electron chi connectivity index (χ1n) is 10.8. The van der Waals surface area contributed by atoms with Crippen molar-refractivity contribution in [2.45, 2.75) is 38.1 Å². The third-order valence-corrected chi connectivity index (χ3v) is 6.67. The lowest BCUT2D eigenvalue weighted by atomic mass is 9.84. The summed E-state index contributed by atoms with van der Waals surface area (Å²) in [7, 11) is 0. The summed E-state index contributed by atoms with van der Waals surface area (Å²) in [5.41, 5.74) is 2.28. The summed E-state index contributed by atoms with van der Waals surface area (Å²) in [6.45, 7) is 5.50. The fourth-order valence-corrected chi connectivity index (χ4v) is 5.07. The van der Waals surface area contributed by atoms with E-state index in [2.05, 4.69) is 33.3 Å². The average molecular weight is 380 g/mol. The van der Waals surface area contributed by atoms with Gasteiger partial charge in [0.1, 0.15) is 5.76 Å². The largest absolute Gasteiger partial charge is 0.451 e. The Labute approximate surface area is 166 Å². The van der Waals surface area contributed by atoms with Crippen LogP contribution in [-0.2, 0) is 0 Å². The highest BCUT2D eigenvalue weighted by Gasteiger charge is 2.35. The molecule has 5 heteroatoms.